The van der Waals surface area contributed by atoms with E-state index in [2.05, 4.69) is 20.8 Å². The van der Waals surface area contributed by atoms with Crippen molar-refractivity contribution in [3.05, 3.63) is 52.6 Å². The molecule has 1 saturated carbocycles. The fraction of sp³-hybridized carbons (Fsp3) is 0.571. The molecule has 1 aromatic heterocycles. The number of nitrogens with zero attached hydrogens (tertiary/aromatic N) is 1. The van der Waals surface area contributed by atoms with Crippen molar-refractivity contribution in [1.82, 2.24) is 4.57 Å². The molecule has 25 heavy (non-hydrogen) atoms. The Morgan fingerprint density at radius 1 is 1.16 bits per heavy atom. The molecule has 0 N–H and O–H groups in total. The zero-order chi connectivity index (χ0) is 18.0. The number of benzene rings is 1. The molecule has 3 rings (SSSR count). The molecule has 0 aliphatic heterocycles. The summed E-state index contributed by atoms with van der Waals surface area (Å²) in [5.41, 5.74) is 1.07. The van der Waals surface area contributed by atoms with E-state index in [1.54, 1.807) is 10.8 Å². The summed E-state index contributed by atoms with van der Waals surface area (Å²) in [5.74, 6) is 1.71. The highest BCUT2D eigenvalue weighted by Crippen LogP contribution is 2.36. The van der Waals surface area contributed by atoms with Gasteiger partial charge in [-0.05, 0) is 43.1 Å². The lowest BCUT2D eigenvalue weighted by atomic mass is 9.75. The number of rotatable bonds is 5. The minimum atomic E-state index is -0.365. The highest BCUT2D eigenvalue weighted by molar-refractivity contribution is 5.19. The van der Waals surface area contributed by atoms with Crippen molar-refractivity contribution in [1.29, 1.82) is 0 Å². The molecule has 0 bridgehead atoms. The first-order chi connectivity index (χ1) is 12.0. The lowest BCUT2D eigenvalue weighted by Gasteiger charge is -2.36. The number of hydrogen-bond donors (Lipinski definition) is 0. The van der Waals surface area contributed by atoms with Gasteiger partial charge in [0.05, 0.1) is 12.2 Å². The van der Waals surface area contributed by atoms with Crippen LogP contribution in [0, 0.1) is 17.8 Å². The number of ether oxygens (including phenoxy) is 1. The zero-order valence-corrected chi connectivity index (χ0v) is 15.6. The topological polar surface area (TPSA) is 44.4 Å². The van der Waals surface area contributed by atoms with Gasteiger partial charge < -0.3 is 9.15 Å². The van der Waals surface area contributed by atoms with E-state index in [0.29, 0.717) is 23.7 Å². The predicted molar refractivity (Wildman–Crippen MR) is 99.0 cm³/mol. The molecule has 1 heterocycles. The van der Waals surface area contributed by atoms with Gasteiger partial charge >= 0.3 is 11.7 Å². The van der Waals surface area contributed by atoms with Crippen LogP contribution in [0.1, 0.15) is 58.6 Å². The molecule has 1 aromatic carbocycles. The van der Waals surface area contributed by atoms with Gasteiger partial charge in [-0.3, -0.25) is 4.57 Å². The van der Waals surface area contributed by atoms with E-state index in [4.69, 9.17) is 9.15 Å². The van der Waals surface area contributed by atoms with Crippen LogP contribution in [0.25, 0.3) is 0 Å². The standard InChI is InChI=1S/C21H29NO3/c1-14(2)18-11-10-15(3)12-19(18)24-20-13-22(21(23)25-20)16(4)17-8-6-5-7-9-17/h5-9,13-16,18-19H,10-12H2,1-4H3/t15?,16?,18?,19-/m0/s1. The molecular weight excluding hydrogens is 314 g/mol. The molecule has 136 valence electrons. The molecule has 1 fully saturated rings. The van der Waals surface area contributed by atoms with E-state index in [1.807, 2.05) is 37.3 Å². The minimum Gasteiger partial charge on any atom is -0.460 e. The highest BCUT2D eigenvalue weighted by atomic mass is 16.6. The first-order valence-corrected chi connectivity index (χ1v) is 9.39. The van der Waals surface area contributed by atoms with Gasteiger partial charge in [0.1, 0.15) is 6.10 Å². The predicted octanol–water partition coefficient (Wildman–Crippen LogP) is 4.89. The maximum Gasteiger partial charge on any atom is 0.422 e. The van der Waals surface area contributed by atoms with Gasteiger partial charge in [0.25, 0.3) is 0 Å². The zero-order valence-electron chi connectivity index (χ0n) is 15.6. The summed E-state index contributed by atoms with van der Waals surface area (Å²) >= 11 is 0. The smallest absolute Gasteiger partial charge is 0.422 e. The summed E-state index contributed by atoms with van der Waals surface area (Å²) in [6, 6.07) is 9.88. The van der Waals surface area contributed by atoms with Crippen molar-refractivity contribution >= 4 is 0 Å². The largest absolute Gasteiger partial charge is 0.460 e. The molecule has 0 amide bonds. The van der Waals surface area contributed by atoms with Crippen molar-refractivity contribution in [3.63, 3.8) is 0 Å². The van der Waals surface area contributed by atoms with Gasteiger partial charge in [-0.1, -0.05) is 57.5 Å². The van der Waals surface area contributed by atoms with Crippen LogP contribution < -0.4 is 10.5 Å². The molecule has 4 atom stereocenters. The first-order valence-electron chi connectivity index (χ1n) is 9.39. The third-order valence-corrected chi connectivity index (χ3v) is 5.57. The van der Waals surface area contributed by atoms with Gasteiger partial charge in [0.15, 0.2) is 0 Å². The number of oxazole rings is 1. The molecular formula is C21H29NO3. The molecule has 1 aliphatic carbocycles. The van der Waals surface area contributed by atoms with Crippen molar-refractivity contribution in [2.24, 2.45) is 17.8 Å². The van der Waals surface area contributed by atoms with Crippen LogP contribution in [0.3, 0.4) is 0 Å². The molecule has 0 radical (unpaired) electrons. The minimum absolute atomic E-state index is 0.0824. The molecule has 2 aromatic rings. The van der Waals surface area contributed by atoms with Gasteiger partial charge in [-0.2, -0.15) is 0 Å². The molecule has 1 aliphatic rings. The summed E-state index contributed by atoms with van der Waals surface area (Å²) in [4.78, 5) is 12.3. The second kappa shape index (κ2) is 7.51. The first kappa shape index (κ1) is 17.8. The van der Waals surface area contributed by atoms with Crippen LogP contribution in [0.4, 0.5) is 0 Å². The van der Waals surface area contributed by atoms with Crippen LogP contribution in [0.5, 0.6) is 5.95 Å². The summed E-state index contributed by atoms with van der Waals surface area (Å²) < 4.78 is 13.2. The fourth-order valence-corrected chi connectivity index (χ4v) is 3.95. The van der Waals surface area contributed by atoms with E-state index < -0.39 is 0 Å². The molecule has 4 heteroatoms. The van der Waals surface area contributed by atoms with Crippen molar-refractivity contribution in [2.45, 2.75) is 59.1 Å². The average molecular weight is 343 g/mol. The third kappa shape index (κ3) is 4.00. The molecule has 0 spiro atoms. The van der Waals surface area contributed by atoms with Crippen molar-refractivity contribution in [3.8, 4) is 5.95 Å². The Morgan fingerprint density at radius 3 is 2.56 bits per heavy atom. The van der Waals surface area contributed by atoms with E-state index >= 15 is 0 Å². The van der Waals surface area contributed by atoms with Crippen molar-refractivity contribution < 1.29 is 9.15 Å². The quantitative estimate of drug-likeness (QED) is 0.776. The Kier molecular flexibility index (Phi) is 5.36. The summed E-state index contributed by atoms with van der Waals surface area (Å²) in [7, 11) is 0. The Balaban J connectivity index is 1.79. The van der Waals surface area contributed by atoms with Gasteiger partial charge in [-0.15, -0.1) is 0 Å². The van der Waals surface area contributed by atoms with Crippen LogP contribution in [0.2, 0.25) is 0 Å². The normalized spacial score (nSPS) is 25.1. The van der Waals surface area contributed by atoms with Crippen LogP contribution in [0.15, 0.2) is 45.7 Å². The Morgan fingerprint density at radius 2 is 1.88 bits per heavy atom. The van der Waals surface area contributed by atoms with Gasteiger partial charge in [-0.25, -0.2) is 4.79 Å². The Bertz CT molecular complexity index is 731. The molecule has 4 nitrogen and oxygen atoms in total. The SMILES string of the molecule is CC1CCC(C(C)C)[C@@H](Oc2cn(C(C)c3ccccc3)c(=O)o2)C1. The van der Waals surface area contributed by atoms with Crippen LogP contribution in [-0.4, -0.2) is 10.7 Å². The second-order valence-electron chi connectivity index (χ2n) is 7.79. The van der Waals surface area contributed by atoms with Gasteiger partial charge in [0, 0.05) is 0 Å². The summed E-state index contributed by atoms with van der Waals surface area (Å²) in [6.45, 7) is 8.76. The summed E-state index contributed by atoms with van der Waals surface area (Å²) in [5, 5.41) is 0. The van der Waals surface area contributed by atoms with E-state index in [-0.39, 0.29) is 17.9 Å². The average Bonchev–Trinajstić information content (AvgIpc) is 2.95. The van der Waals surface area contributed by atoms with Crippen LogP contribution in [-0.2, 0) is 0 Å². The monoisotopic (exact) mass is 343 g/mol. The van der Waals surface area contributed by atoms with E-state index in [1.165, 1.54) is 12.8 Å². The lowest BCUT2D eigenvalue weighted by Crippen LogP contribution is -2.36. The maximum absolute atomic E-state index is 12.3. The van der Waals surface area contributed by atoms with Gasteiger partial charge in [0.2, 0.25) is 0 Å². The highest BCUT2D eigenvalue weighted by Gasteiger charge is 2.33. The molecule has 3 unspecified atom stereocenters. The van der Waals surface area contributed by atoms with E-state index in [9.17, 15) is 4.79 Å². The number of aromatic nitrogens is 1. The number of hydrogen-bond acceptors (Lipinski definition) is 3. The summed E-state index contributed by atoms with van der Waals surface area (Å²) in [6.07, 6.45) is 5.28. The second-order valence-corrected chi connectivity index (χ2v) is 7.79. The lowest BCUT2D eigenvalue weighted by molar-refractivity contribution is 0.0279. The maximum atomic E-state index is 12.3. The van der Waals surface area contributed by atoms with Crippen LogP contribution >= 0.6 is 0 Å². The molecule has 0 saturated heterocycles. The fourth-order valence-electron chi connectivity index (χ4n) is 3.95. The Labute approximate surface area is 149 Å². The Hall–Kier alpha value is -1.97. The van der Waals surface area contributed by atoms with E-state index in [0.717, 1.165) is 12.0 Å². The third-order valence-electron chi connectivity index (χ3n) is 5.57. The van der Waals surface area contributed by atoms with Crippen molar-refractivity contribution in [2.75, 3.05) is 0 Å².